The van der Waals surface area contributed by atoms with Gasteiger partial charge in [-0.1, -0.05) is 6.92 Å². The second kappa shape index (κ2) is 5.50. The van der Waals surface area contributed by atoms with Crippen molar-refractivity contribution in [2.45, 2.75) is 18.9 Å². The van der Waals surface area contributed by atoms with Gasteiger partial charge in [-0.25, -0.2) is 8.42 Å². The van der Waals surface area contributed by atoms with E-state index in [0.29, 0.717) is 18.0 Å². The summed E-state index contributed by atoms with van der Waals surface area (Å²) in [5.74, 6) is 1.46. The van der Waals surface area contributed by atoms with E-state index in [-0.39, 0.29) is 18.4 Å². The molecule has 0 bridgehead atoms. The lowest BCUT2D eigenvalue weighted by Crippen LogP contribution is -2.48. The van der Waals surface area contributed by atoms with Gasteiger partial charge in [-0.05, 0) is 0 Å². The Morgan fingerprint density at radius 1 is 1.67 bits per heavy atom. The van der Waals surface area contributed by atoms with Crippen molar-refractivity contribution in [2.24, 2.45) is 0 Å². The van der Waals surface area contributed by atoms with Gasteiger partial charge in [0, 0.05) is 23.8 Å². The van der Waals surface area contributed by atoms with Crippen LogP contribution in [0.25, 0.3) is 0 Å². The number of aromatic nitrogens is 1. The zero-order valence-corrected chi connectivity index (χ0v) is 11.7. The Hall–Kier alpha value is -0.730. The fourth-order valence-corrected chi connectivity index (χ4v) is 4.75. The van der Waals surface area contributed by atoms with E-state index in [1.165, 1.54) is 6.26 Å². The number of aliphatic hydroxyl groups is 1. The van der Waals surface area contributed by atoms with Crippen LogP contribution in [0.2, 0.25) is 0 Å². The van der Waals surface area contributed by atoms with Gasteiger partial charge in [0.15, 0.2) is 9.84 Å². The third-order valence-electron chi connectivity index (χ3n) is 2.85. The summed E-state index contributed by atoms with van der Waals surface area (Å²) in [5, 5.41) is 8.37. The lowest BCUT2D eigenvalue weighted by atomic mass is 10.5. The number of hydrogen-bond acceptors (Lipinski definition) is 7. The fraction of sp³-hybridized carbons (Fsp3) is 0.700. The van der Waals surface area contributed by atoms with Gasteiger partial charge in [-0.15, -0.1) is 0 Å². The van der Waals surface area contributed by atoms with Crippen molar-refractivity contribution in [1.29, 1.82) is 0 Å². The summed E-state index contributed by atoms with van der Waals surface area (Å²) in [6, 6.07) is 0.279. The van der Waals surface area contributed by atoms with E-state index in [4.69, 9.17) is 9.52 Å². The smallest absolute Gasteiger partial charge is 0.298 e. The largest absolute Gasteiger partial charge is 0.432 e. The van der Waals surface area contributed by atoms with Crippen molar-refractivity contribution in [3.63, 3.8) is 0 Å². The van der Waals surface area contributed by atoms with E-state index >= 15 is 0 Å². The van der Waals surface area contributed by atoms with Crippen LogP contribution < -0.4 is 4.90 Å². The van der Waals surface area contributed by atoms with Gasteiger partial charge in [-0.2, -0.15) is 16.7 Å². The summed E-state index contributed by atoms with van der Waals surface area (Å²) in [6.45, 7) is 2.01. The molecule has 8 heteroatoms. The highest BCUT2D eigenvalue weighted by molar-refractivity contribution is 8.01. The SMILES string of the molecule is CCS(=O)(=O)C1CSCCN1c1nc(CO)co1. The molecule has 0 aliphatic carbocycles. The van der Waals surface area contributed by atoms with E-state index in [0.717, 1.165) is 5.75 Å². The number of anilines is 1. The maximum absolute atomic E-state index is 12.0. The van der Waals surface area contributed by atoms with Gasteiger partial charge < -0.3 is 14.4 Å². The minimum absolute atomic E-state index is 0.0995. The first-order valence-electron chi connectivity index (χ1n) is 5.69. The van der Waals surface area contributed by atoms with Gasteiger partial charge in [0.1, 0.15) is 17.3 Å². The molecule has 1 fully saturated rings. The zero-order valence-electron chi connectivity index (χ0n) is 10.1. The molecule has 2 heterocycles. The molecular formula is C10H16N2O4S2. The van der Waals surface area contributed by atoms with Gasteiger partial charge in [0.2, 0.25) is 0 Å². The van der Waals surface area contributed by atoms with Crippen molar-refractivity contribution >= 4 is 27.6 Å². The van der Waals surface area contributed by atoms with Crippen molar-refractivity contribution < 1.29 is 17.9 Å². The Kier molecular flexibility index (Phi) is 4.18. The highest BCUT2D eigenvalue weighted by Crippen LogP contribution is 2.26. The Morgan fingerprint density at radius 2 is 2.44 bits per heavy atom. The number of hydrogen-bond donors (Lipinski definition) is 1. The molecule has 2 rings (SSSR count). The molecule has 1 aliphatic heterocycles. The molecule has 18 heavy (non-hydrogen) atoms. The van der Waals surface area contributed by atoms with Crippen molar-refractivity contribution in [1.82, 2.24) is 4.98 Å². The van der Waals surface area contributed by atoms with Gasteiger partial charge in [-0.3, -0.25) is 0 Å². The minimum atomic E-state index is -3.17. The summed E-state index contributed by atoms with van der Waals surface area (Å²) >= 11 is 1.62. The number of rotatable bonds is 4. The molecule has 0 aromatic carbocycles. The minimum Gasteiger partial charge on any atom is -0.432 e. The highest BCUT2D eigenvalue weighted by Gasteiger charge is 2.35. The predicted molar refractivity (Wildman–Crippen MR) is 70.3 cm³/mol. The molecule has 1 aromatic heterocycles. The molecule has 1 atom stereocenters. The number of aliphatic hydroxyl groups excluding tert-OH is 1. The van der Waals surface area contributed by atoms with E-state index in [1.807, 2.05) is 0 Å². The topological polar surface area (TPSA) is 83.6 Å². The maximum atomic E-state index is 12.0. The molecule has 0 amide bonds. The van der Waals surface area contributed by atoms with E-state index in [2.05, 4.69) is 4.98 Å². The van der Waals surface area contributed by atoms with Crippen LogP contribution in [0.5, 0.6) is 0 Å². The summed E-state index contributed by atoms with van der Waals surface area (Å²) in [6.07, 6.45) is 1.35. The highest BCUT2D eigenvalue weighted by atomic mass is 32.2. The Labute approximate surface area is 110 Å². The van der Waals surface area contributed by atoms with Crippen LogP contribution in [-0.4, -0.2) is 47.7 Å². The molecule has 6 nitrogen and oxygen atoms in total. The second-order valence-electron chi connectivity index (χ2n) is 3.95. The summed E-state index contributed by atoms with van der Waals surface area (Å²) < 4.78 is 29.3. The molecule has 1 aromatic rings. The van der Waals surface area contributed by atoms with Crippen LogP contribution in [-0.2, 0) is 16.4 Å². The molecule has 1 N–H and O–H groups in total. The first kappa shape index (κ1) is 13.7. The average Bonchev–Trinajstić information content (AvgIpc) is 2.87. The molecule has 0 radical (unpaired) electrons. The van der Waals surface area contributed by atoms with Gasteiger partial charge in [0.25, 0.3) is 6.01 Å². The second-order valence-corrected chi connectivity index (χ2v) is 7.55. The number of sulfone groups is 1. The average molecular weight is 292 g/mol. The monoisotopic (exact) mass is 292 g/mol. The third-order valence-corrected chi connectivity index (χ3v) is 6.14. The third kappa shape index (κ3) is 2.65. The summed E-state index contributed by atoms with van der Waals surface area (Å²) in [4.78, 5) is 5.76. The van der Waals surface area contributed by atoms with Crippen molar-refractivity contribution in [3.05, 3.63) is 12.0 Å². The number of nitrogens with zero attached hydrogens (tertiary/aromatic N) is 2. The summed E-state index contributed by atoms with van der Waals surface area (Å²) in [7, 11) is -3.17. The lowest BCUT2D eigenvalue weighted by Gasteiger charge is -2.33. The van der Waals surface area contributed by atoms with Crippen LogP contribution >= 0.6 is 11.8 Å². The number of oxazole rings is 1. The van der Waals surface area contributed by atoms with E-state index < -0.39 is 15.2 Å². The quantitative estimate of drug-likeness (QED) is 0.864. The predicted octanol–water partition coefficient (Wildman–Crippen LogP) is 0.481. The Morgan fingerprint density at radius 3 is 3.06 bits per heavy atom. The van der Waals surface area contributed by atoms with Crippen LogP contribution in [0.4, 0.5) is 6.01 Å². The van der Waals surface area contributed by atoms with E-state index in [1.54, 1.807) is 23.6 Å². The van der Waals surface area contributed by atoms with Gasteiger partial charge in [0.05, 0.1) is 6.61 Å². The number of thioether (sulfide) groups is 1. The molecule has 1 aliphatic rings. The normalized spacial score (nSPS) is 21.2. The van der Waals surface area contributed by atoms with E-state index in [9.17, 15) is 8.42 Å². The fourth-order valence-electron chi connectivity index (χ4n) is 1.79. The standard InChI is InChI=1S/C10H16N2O4S2/c1-2-18(14,15)9-7-17-4-3-12(9)10-11-8(5-13)6-16-10/h6,9,13H,2-5,7H2,1H3. The molecule has 1 unspecified atom stereocenters. The molecule has 0 spiro atoms. The molecular weight excluding hydrogens is 276 g/mol. The molecule has 1 saturated heterocycles. The van der Waals surface area contributed by atoms with Crippen LogP contribution in [0.3, 0.4) is 0 Å². The van der Waals surface area contributed by atoms with Crippen LogP contribution in [0, 0.1) is 0 Å². The van der Waals surface area contributed by atoms with Crippen molar-refractivity contribution in [2.75, 3.05) is 28.7 Å². The zero-order chi connectivity index (χ0) is 13.2. The lowest BCUT2D eigenvalue weighted by molar-refractivity contribution is 0.276. The van der Waals surface area contributed by atoms with Gasteiger partial charge >= 0.3 is 0 Å². The van der Waals surface area contributed by atoms with Crippen LogP contribution in [0.1, 0.15) is 12.6 Å². The van der Waals surface area contributed by atoms with Crippen LogP contribution in [0.15, 0.2) is 10.7 Å². The molecule has 102 valence electrons. The Bertz CT molecular complexity index is 500. The first-order valence-corrected chi connectivity index (χ1v) is 8.56. The first-order chi connectivity index (χ1) is 8.58. The van der Waals surface area contributed by atoms with Crippen molar-refractivity contribution in [3.8, 4) is 0 Å². The Balaban J connectivity index is 2.28. The maximum Gasteiger partial charge on any atom is 0.298 e. The summed E-state index contributed by atoms with van der Waals surface area (Å²) in [5.41, 5.74) is 0.413. The molecule has 0 saturated carbocycles.